The number of halogens is 1. The fourth-order valence-electron chi connectivity index (χ4n) is 3.25. The van der Waals surface area contributed by atoms with Gasteiger partial charge >= 0.3 is 5.63 Å². The Bertz CT molecular complexity index is 1010. The molecule has 0 bridgehead atoms. The lowest BCUT2D eigenvalue weighted by Gasteiger charge is -2.28. The summed E-state index contributed by atoms with van der Waals surface area (Å²) in [4.78, 5) is 12.3. The van der Waals surface area contributed by atoms with Crippen molar-refractivity contribution in [2.24, 2.45) is 0 Å². The van der Waals surface area contributed by atoms with Crippen LogP contribution in [0.4, 0.5) is 4.39 Å². The van der Waals surface area contributed by atoms with Crippen LogP contribution in [0.5, 0.6) is 11.5 Å². The van der Waals surface area contributed by atoms with Gasteiger partial charge in [0, 0.05) is 29.7 Å². The smallest absolute Gasteiger partial charge is 0.344 e. The zero-order chi connectivity index (χ0) is 17.6. The Morgan fingerprint density at radius 3 is 2.84 bits per heavy atom. The van der Waals surface area contributed by atoms with Gasteiger partial charge in [-0.3, -0.25) is 0 Å². The molecule has 0 radical (unpaired) electrons. The molecule has 0 saturated carbocycles. The van der Waals surface area contributed by atoms with Crippen molar-refractivity contribution in [1.82, 2.24) is 0 Å². The molecule has 3 aromatic rings. The zero-order valence-corrected chi connectivity index (χ0v) is 13.6. The van der Waals surface area contributed by atoms with Gasteiger partial charge in [0.1, 0.15) is 17.4 Å². The molecular weight excluding hydrogens is 327 g/mol. The van der Waals surface area contributed by atoms with Crippen molar-refractivity contribution in [2.75, 3.05) is 6.61 Å². The average molecular weight is 344 g/mol. The minimum absolute atomic E-state index is 0.0240. The quantitative estimate of drug-likeness (QED) is 0.566. The summed E-state index contributed by atoms with van der Waals surface area (Å²) in [6.45, 7) is 2.51. The summed E-state index contributed by atoms with van der Waals surface area (Å²) in [6.07, 6.45) is 1.25. The van der Waals surface area contributed by atoms with Crippen molar-refractivity contribution >= 4 is 21.7 Å². The Hall–Kier alpha value is -2.60. The number of rotatable bonds is 2. The van der Waals surface area contributed by atoms with Gasteiger partial charge in [-0.25, -0.2) is 9.18 Å². The van der Waals surface area contributed by atoms with E-state index in [-0.39, 0.29) is 34.7 Å². The molecule has 6 heteroatoms. The van der Waals surface area contributed by atoms with Crippen LogP contribution in [0.25, 0.3) is 21.7 Å². The van der Waals surface area contributed by atoms with Crippen LogP contribution in [0.15, 0.2) is 39.5 Å². The largest absolute Gasteiger partial charge is 0.508 e. The summed E-state index contributed by atoms with van der Waals surface area (Å²) in [5.41, 5.74) is -0.387. The zero-order valence-electron chi connectivity index (χ0n) is 13.6. The SMILES string of the molecule is CC1CC(Oc2cc3c(=O)oc4cc(O)ccc4c3cc2F)CCO1. The Morgan fingerprint density at radius 2 is 2.04 bits per heavy atom. The standard InChI is InChI=1S/C19H17FO5/c1-10-6-12(4-5-23-10)24-18-9-15-14(8-16(18)20)13-3-2-11(21)7-17(13)25-19(15)22/h2-3,7-10,12,21H,4-6H2,1H3. The monoisotopic (exact) mass is 344 g/mol. The van der Waals surface area contributed by atoms with Gasteiger partial charge in [-0.15, -0.1) is 0 Å². The molecule has 1 N–H and O–H groups in total. The molecule has 5 nitrogen and oxygen atoms in total. The number of phenolic OH excluding ortho intramolecular Hbond substituents is 1. The normalized spacial score (nSPS) is 20.9. The summed E-state index contributed by atoms with van der Waals surface area (Å²) >= 11 is 0. The minimum atomic E-state index is -0.599. The van der Waals surface area contributed by atoms with E-state index >= 15 is 0 Å². The summed E-state index contributed by atoms with van der Waals surface area (Å²) in [5, 5.41) is 10.8. The molecule has 4 rings (SSSR count). The first-order valence-corrected chi connectivity index (χ1v) is 8.18. The molecule has 0 aliphatic carbocycles. The highest BCUT2D eigenvalue weighted by atomic mass is 19.1. The summed E-state index contributed by atoms with van der Waals surface area (Å²) < 4.78 is 31.1. The van der Waals surface area contributed by atoms with E-state index in [0.717, 1.165) is 0 Å². The van der Waals surface area contributed by atoms with Gasteiger partial charge in [0.2, 0.25) is 0 Å². The number of benzene rings is 2. The van der Waals surface area contributed by atoms with Crippen LogP contribution in [0.2, 0.25) is 0 Å². The number of fused-ring (bicyclic) bond motifs is 3. The Kier molecular flexibility index (Phi) is 3.84. The van der Waals surface area contributed by atoms with Gasteiger partial charge in [-0.2, -0.15) is 0 Å². The lowest BCUT2D eigenvalue weighted by atomic mass is 10.1. The molecule has 2 heterocycles. The maximum absolute atomic E-state index is 14.6. The van der Waals surface area contributed by atoms with E-state index in [9.17, 15) is 14.3 Å². The molecule has 1 saturated heterocycles. The molecule has 1 aliphatic heterocycles. The van der Waals surface area contributed by atoms with E-state index in [0.29, 0.717) is 30.2 Å². The summed E-state index contributed by atoms with van der Waals surface area (Å²) in [6, 6.07) is 7.07. The lowest BCUT2D eigenvalue weighted by Crippen LogP contribution is -2.31. The Labute approximate surface area is 142 Å². The van der Waals surface area contributed by atoms with E-state index in [2.05, 4.69) is 0 Å². The summed E-state index contributed by atoms with van der Waals surface area (Å²) in [7, 11) is 0. The lowest BCUT2D eigenvalue weighted by molar-refractivity contribution is -0.0261. The summed E-state index contributed by atoms with van der Waals surface area (Å²) in [5.74, 6) is -0.521. The van der Waals surface area contributed by atoms with Crippen LogP contribution >= 0.6 is 0 Å². The van der Waals surface area contributed by atoms with Crippen LogP contribution < -0.4 is 10.4 Å². The van der Waals surface area contributed by atoms with E-state index in [4.69, 9.17) is 13.9 Å². The minimum Gasteiger partial charge on any atom is -0.508 e. The number of ether oxygens (including phenoxy) is 2. The maximum Gasteiger partial charge on any atom is 0.344 e. The third kappa shape index (κ3) is 2.93. The van der Waals surface area contributed by atoms with Gasteiger partial charge in [-0.1, -0.05) is 0 Å². The van der Waals surface area contributed by atoms with Crippen LogP contribution in [0, 0.1) is 5.82 Å². The third-order valence-electron chi connectivity index (χ3n) is 4.48. The predicted octanol–water partition coefficient (Wildman–Crippen LogP) is 3.74. The van der Waals surface area contributed by atoms with E-state index in [1.165, 1.54) is 24.3 Å². The second kappa shape index (κ2) is 6.04. The van der Waals surface area contributed by atoms with Crippen LogP contribution in [0.3, 0.4) is 0 Å². The highest BCUT2D eigenvalue weighted by molar-refractivity contribution is 6.05. The molecule has 2 aromatic carbocycles. The van der Waals surface area contributed by atoms with E-state index in [1.807, 2.05) is 6.92 Å². The van der Waals surface area contributed by atoms with Crippen LogP contribution in [0.1, 0.15) is 19.8 Å². The van der Waals surface area contributed by atoms with Crippen molar-refractivity contribution in [3.63, 3.8) is 0 Å². The number of aromatic hydroxyl groups is 1. The molecular formula is C19H17FO5. The van der Waals surface area contributed by atoms with Crippen molar-refractivity contribution in [3.05, 3.63) is 46.6 Å². The van der Waals surface area contributed by atoms with E-state index < -0.39 is 11.4 Å². The number of phenols is 1. The highest BCUT2D eigenvalue weighted by Crippen LogP contribution is 2.31. The fraction of sp³-hybridized carbons (Fsp3) is 0.316. The molecule has 1 aliphatic rings. The van der Waals surface area contributed by atoms with Crippen molar-refractivity contribution < 1.29 is 23.4 Å². The molecule has 130 valence electrons. The average Bonchev–Trinajstić information content (AvgIpc) is 2.56. The number of hydrogen-bond donors (Lipinski definition) is 1. The second-order valence-corrected chi connectivity index (χ2v) is 6.34. The number of hydrogen-bond acceptors (Lipinski definition) is 5. The highest BCUT2D eigenvalue weighted by Gasteiger charge is 2.22. The van der Waals surface area contributed by atoms with Crippen molar-refractivity contribution in [3.8, 4) is 11.5 Å². The molecule has 1 aromatic heterocycles. The fourth-order valence-corrected chi connectivity index (χ4v) is 3.25. The van der Waals surface area contributed by atoms with Crippen molar-refractivity contribution in [1.29, 1.82) is 0 Å². The maximum atomic E-state index is 14.6. The first kappa shape index (κ1) is 15.9. The van der Waals surface area contributed by atoms with Crippen LogP contribution in [-0.4, -0.2) is 23.9 Å². The Balaban J connectivity index is 1.81. The molecule has 0 amide bonds. The third-order valence-corrected chi connectivity index (χ3v) is 4.48. The second-order valence-electron chi connectivity index (χ2n) is 6.34. The predicted molar refractivity (Wildman–Crippen MR) is 90.7 cm³/mol. The topological polar surface area (TPSA) is 68.9 Å². The molecule has 0 spiro atoms. The molecule has 1 fully saturated rings. The van der Waals surface area contributed by atoms with Gasteiger partial charge < -0.3 is 19.0 Å². The van der Waals surface area contributed by atoms with Crippen LogP contribution in [-0.2, 0) is 4.74 Å². The van der Waals surface area contributed by atoms with Gasteiger partial charge in [-0.05, 0) is 31.2 Å². The molecule has 2 unspecified atom stereocenters. The van der Waals surface area contributed by atoms with Gasteiger partial charge in [0.05, 0.1) is 18.1 Å². The van der Waals surface area contributed by atoms with Crippen molar-refractivity contribution in [2.45, 2.75) is 32.0 Å². The molecule has 25 heavy (non-hydrogen) atoms. The first-order chi connectivity index (χ1) is 12.0. The molecule has 2 atom stereocenters. The van der Waals surface area contributed by atoms with Gasteiger partial charge in [0.15, 0.2) is 11.6 Å². The first-order valence-electron chi connectivity index (χ1n) is 8.18. The Morgan fingerprint density at radius 1 is 1.20 bits per heavy atom. The van der Waals surface area contributed by atoms with Gasteiger partial charge in [0.25, 0.3) is 0 Å². The van der Waals surface area contributed by atoms with E-state index in [1.54, 1.807) is 6.07 Å².